The van der Waals surface area contributed by atoms with Crippen LogP contribution in [0, 0.1) is 17.6 Å². The number of hydrogen-bond acceptors (Lipinski definition) is 2. The molecule has 1 saturated heterocycles. The number of hydrogen-bond donors (Lipinski definition) is 1. The van der Waals surface area contributed by atoms with Gasteiger partial charge in [0.2, 0.25) is 0 Å². The monoisotopic (exact) mass is 296 g/mol. The van der Waals surface area contributed by atoms with Crippen LogP contribution in [0.4, 0.5) is 14.5 Å². The third-order valence-corrected chi connectivity index (χ3v) is 4.91. The van der Waals surface area contributed by atoms with E-state index in [9.17, 15) is 8.78 Å². The SMILES string of the molecule is CCC1(CC)CN(c2c(F)cccc2F)C(C(C)C)CN1. The van der Waals surface area contributed by atoms with Crippen molar-refractivity contribution in [2.45, 2.75) is 52.1 Å². The van der Waals surface area contributed by atoms with Gasteiger partial charge in [-0.15, -0.1) is 0 Å². The smallest absolute Gasteiger partial charge is 0.149 e. The van der Waals surface area contributed by atoms with Gasteiger partial charge >= 0.3 is 0 Å². The molecule has 2 rings (SSSR count). The highest BCUT2D eigenvalue weighted by molar-refractivity contribution is 5.51. The zero-order valence-electron chi connectivity index (χ0n) is 13.4. The summed E-state index contributed by atoms with van der Waals surface area (Å²) >= 11 is 0. The lowest BCUT2D eigenvalue weighted by molar-refractivity contribution is 0.225. The Morgan fingerprint density at radius 2 is 1.81 bits per heavy atom. The van der Waals surface area contributed by atoms with E-state index in [1.54, 1.807) is 0 Å². The summed E-state index contributed by atoms with van der Waals surface area (Å²) in [6.45, 7) is 9.85. The summed E-state index contributed by atoms with van der Waals surface area (Å²) in [6, 6.07) is 4.21. The molecule has 4 heteroatoms. The minimum absolute atomic E-state index is 0.0693. The topological polar surface area (TPSA) is 15.3 Å². The van der Waals surface area contributed by atoms with Crippen molar-refractivity contribution in [3.8, 4) is 0 Å². The molecule has 1 aromatic carbocycles. The third kappa shape index (κ3) is 3.05. The van der Waals surface area contributed by atoms with Crippen molar-refractivity contribution in [1.82, 2.24) is 5.32 Å². The molecule has 1 N–H and O–H groups in total. The van der Waals surface area contributed by atoms with E-state index in [0.29, 0.717) is 12.5 Å². The van der Waals surface area contributed by atoms with Gasteiger partial charge in [0.15, 0.2) is 0 Å². The van der Waals surface area contributed by atoms with E-state index in [1.807, 2.05) is 4.90 Å². The Morgan fingerprint density at radius 3 is 2.29 bits per heavy atom. The molecule has 0 aromatic heterocycles. The second kappa shape index (κ2) is 6.30. The highest BCUT2D eigenvalue weighted by Gasteiger charge is 2.39. The number of anilines is 1. The largest absolute Gasteiger partial charge is 0.360 e. The van der Waals surface area contributed by atoms with Crippen LogP contribution in [-0.2, 0) is 0 Å². The maximum Gasteiger partial charge on any atom is 0.149 e. The lowest BCUT2D eigenvalue weighted by atomic mass is 9.86. The number of rotatable bonds is 4. The zero-order valence-corrected chi connectivity index (χ0v) is 13.4. The molecule has 118 valence electrons. The Morgan fingerprint density at radius 1 is 1.24 bits per heavy atom. The second-order valence-corrected chi connectivity index (χ2v) is 6.38. The molecule has 1 aliphatic heterocycles. The molecule has 0 bridgehead atoms. The van der Waals surface area contributed by atoms with E-state index < -0.39 is 11.6 Å². The van der Waals surface area contributed by atoms with E-state index in [2.05, 4.69) is 33.0 Å². The van der Waals surface area contributed by atoms with Crippen LogP contribution >= 0.6 is 0 Å². The highest BCUT2D eigenvalue weighted by atomic mass is 19.1. The molecule has 0 saturated carbocycles. The van der Waals surface area contributed by atoms with Crippen LogP contribution in [0.15, 0.2) is 18.2 Å². The van der Waals surface area contributed by atoms with E-state index in [1.165, 1.54) is 18.2 Å². The lowest BCUT2D eigenvalue weighted by Gasteiger charge is -2.50. The van der Waals surface area contributed by atoms with Gasteiger partial charge in [-0.1, -0.05) is 33.8 Å². The van der Waals surface area contributed by atoms with Crippen LogP contribution in [0.1, 0.15) is 40.5 Å². The van der Waals surface area contributed by atoms with Crippen molar-refractivity contribution in [1.29, 1.82) is 0 Å². The van der Waals surface area contributed by atoms with Gasteiger partial charge in [0.05, 0.1) is 0 Å². The first-order valence-corrected chi connectivity index (χ1v) is 7.89. The van der Waals surface area contributed by atoms with E-state index in [-0.39, 0.29) is 17.3 Å². The maximum atomic E-state index is 14.2. The van der Waals surface area contributed by atoms with Gasteiger partial charge in [-0.3, -0.25) is 0 Å². The van der Waals surface area contributed by atoms with E-state index in [4.69, 9.17) is 0 Å². The van der Waals surface area contributed by atoms with Gasteiger partial charge in [0, 0.05) is 24.7 Å². The van der Waals surface area contributed by atoms with Crippen LogP contribution in [0.25, 0.3) is 0 Å². The molecule has 21 heavy (non-hydrogen) atoms. The van der Waals surface area contributed by atoms with Crippen LogP contribution in [0.3, 0.4) is 0 Å². The molecule has 1 aliphatic rings. The van der Waals surface area contributed by atoms with Crippen molar-refractivity contribution in [2.24, 2.45) is 5.92 Å². The summed E-state index contributed by atoms with van der Waals surface area (Å²) in [5.41, 5.74) is 0.0593. The molecule has 1 unspecified atom stereocenters. The Hall–Kier alpha value is -1.16. The average molecular weight is 296 g/mol. The van der Waals surface area contributed by atoms with Crippen LogP contribution in [0.5, 0.6) is 0 Å². The van der Waals surface area contributed by atoms with Crippen molar-refractivity contribution < 1.29 is 8.78 Å². The molecule has 0 spiro atoms. The molecule has 0 amide bonds. The third-order valence-electron chi connectivity index (χ3n) is 4.91. The minimum Gasteiger partial charge on any atom is -0.360 e. The predicted molar refractivity (Wildman–Crippen MR) is 83.6 cm³/mol. The minimum atomic E-state index is -0.469. The zero-order chi connectivity index (χ0) is 15.6. The predicted octanol–water partition coefficient (Wildman–Crippen LogP) is 3.96. The number of nitrogens with one attached hydrogen (secondary N) is 1. The first kappa shape index (κ1) is 16.2. The van der Waals surface area contributed by atoms with Crippen molar-refractivity contribution in [3.05, 3.63) is 29.8 Å². The summed E-state index contributed by atoms with van der Waals surface area (Å²) in [7, 11) is 0. The van der Waals surface area contributed by atoms with Gasteiger partial charge in [-0.25, -0.2) is 8.78 Å². The molecule has 1 heterocycles. The lowest BCUT2D eigenvalue weighted by Crippen LogP contribution is -2.65. The first-order valence-electron chi connectivity index (χ1n) is 7.89. The Labute approximate surface area is 126 Å². The van der Waals surface area contributed by atoms with Crippen LogP contribution < -0.4 is 10.2 Å². The van der Waals surface area contributed by atoms with Gasteiger partial charge < -0.3 is 10.2 Å². The maximum absolute atomic E-state index is 14.2. The van der Waals surface area contributed by atoms with E-state index in [0.717, 1.165) is 19.4 Å². The standard InChI is InChI=1S/C17H26F2N2/c1-5-17(6-2)11-21(15(10-20-17)12(3)4)16-13(18)8-7-9-14(16)19/h7-9,12,15,20H,5-6,10-11H2,1-4H3. The molecule has 2 nitrogen and oxygen atoms in total. The fourth-order valence-electron chi connectivity index (χ4n) is 3.26. The summed E-state index contributed by atoms with van der Waals surface area (Å²) in [6.07, 6.45) is 1.89. The fraction of sp³-hybridized carbons (Fsp3) is 0.647. The quantitative estimate of drug-likeness (QED) is 0.905. The number of benzene rings is 1. The molecule has 0 aliphatic carbocycles. The highest BCUT2D eigenvalue weighted by Crippen LogP contribution is 2.33. The summed E-state index contributed by atoms with van der Waals surface area (Å²) in [4.78, 5) is 1.94. The summed E-state index contributed by atoms with van der Waals surface area (Å²) in [5, 5.41) is 3.62. The van der Waals surface area contributed by atoms with Gasteiger partial charge in [-0.2, -0.15) is 0 Å². The normalized spacial score (nSPS) is 21.9. The van der Waals surface area contributed by atoms with Gasteiger partial charge in [0.25, 0.3) is 0 Å². The number of para-hydroxylation sites is 1. The number of piperazine rings is 1. The van der Waals surface area contributed by atoms with Crippen LogP contribution in [-0.4, -0.2) is 24.7 Å². The Balaban J connectivity index is 2.43. The molecule has 1 fully saturated rings. The van der Waals surface area contributed by atoms with Gasteiger partial charge in [-0.05, 0) is 30.9 Å². The fourth-order valence-corrected chi connectivity index (χ4v) is 3.26. The summed E-state index contributed by atoms with van der Waals surface area (Å²) in [5.74, 6) is -0.615. The Kier molecular flexibility index (Phi) is 4.87. The molecule has 0 radical (unpaired) electrons. The van der Waals surface area contributed by atoms with Crippen molar-refractivity contribution in [3.63, 3.8) is 0 Å². The summed E-state index contributed by atoms with van der Waals surface area (Å²) < 4.78 is 28.5. The molecular weight excluding hydrogens is 270 g/mol. The van der Waals surface area contributed by atoms with E-state index >= 15 is 0 Å². The van der Waals surface area contributed by atoms with Crippen molar-refractivity contribution in [2.75, 3.05) is 18.0 Å². The van der Waals surface area contributed by atoms with Gasteiger partial charge in [0.1, 0.15) is 17.3 Å². The average Bonchev–Trinajstić information content (AvgIpc) is 2.46. The molecular formula is C17H26F2N2. The molecule has 1 atom stereocenters. The first-order chi connectivity index (χ1) is 9.94. The van der Waals surface area contributed by atoms with Crippen molar-refractivity contribution >= 4 is 5.69 Å². The molecule has 1 aromatic rings. The second-order valence-electron chi connectivity index (χ2n) is 6.38. The van der Waals surface area contributed by atoms with Crippen LogP contribution in [0.2, 0.25) is 0 Å². The Bertz CT molecular complexity index is 463. The number of halogens is 2. The number of nitrogens with zero attached hydrogens (tertiary/aromatic N) is 1.